The number of aliphatic hydroxyl groups is 1. The first kappa shape index (κ1) is 22.1. The van der Waals surface area contributed by atoms with Crippen molar-refractivity contribution in [3.63, 3.8) is 0 Å². The van der Waals surface area contributed by atoms with E-state index in [1.165, 1.54) is 12.0 Å². The monoisotopic (exact) mass is 435 g/mol. The molecule has 6 nitrogen and oxygen atoms in total. The van der Waals surface area contributed by atoms with E-state index >= 15 is 0 Å². The summed E-state index contributed by atoms with van der Waals surface area (Å²) in [7, 11) is 0. The number of aliphatic hydroxyl groups excluding tert-OH is 1. The van der Waals surface area contributed by atoms with Crippen LogP contribution in [0.2, 0.25) is 0 Å². The molecular formula is C25H41NO5. The molecule has 5 rings (SSSR count). The Morgan fingerprint density at radius 1 is 1.00 bits per heavy atom. The van der Waals surface area contributed by atoms with Gasteiger partial charge in [-0.05, 0) is 94.3 Å². The van der Waals surface area contributed by atoms with Crippen LogP contribution in [0.5, 0.6) is 0 Å². The van der Waals surface area contributed by atoms with Crippen molar-refractivity contribution < 1.29 is 24.6 Å². The van der Waals surface area contributed by atoms with Crippen LogP contribution in [0.1, 0.15) is 86.0 Å². The van der Waals surface area contributed by atoms with Gasteiger partial charge >= 0.3 is 5.97 Å². The molecule has 0 radical (unpaired) electrons. The van der Waals surface area contributed by atoms with Crippen LogP contribution >= 0.6 is 0 Å². The second kappa shape index (κ2) is 6.91. The van der Waals surface area contributed by atoms with Gasteiger partial charge in [-0.15, -0.1) is 0 Å². The highest BCUT2D eigenvalue weighted by Crippen LogP contribution is 2.68. The topological polar surface area (TPSA) is 79.2 Å². The summed E-state index contributed by atoms with van der Waals surface area (Å²) in [5.74, 6) is 1.54. The molecule has 0 amide bonds. The van der Waals surface area contributed by atoms with E-state index in [0.717, 1.165) is 44.9 Å². The quantitative estimate of drug-likeness (QED) is 0.603. The number of rotatable bonds is 1. The molecule has 4 aliphatic carbocycles. The van der Waals surface area contributed by atoms with E-state index in [-0.39, 0.29) is 34.9 Å². The van der Waals surface area contributed by atoms with Crippen LogP contribution in [0, 0.1) is 34.5 Å². The molecule has 1 saturated heterocycles. The zero-order chi connectivity index (χ0) is 22.4. The Labute approximate surface area is 186 Å². The van der Waals surface area contributed by atoms with Gasteiger partial charge in [-0.2, -0.15) is 5.06 Å². The maximum Gasteiger partial charge on any atom is 0.302 e. The van der Waals surface area contributed by atoms with Crippen LogP contribution in [0.15, 0.2) is 0 Å². The maximum absolute atomic E-state index is 11.7. The molecule has 6 heteroatoms. The van der Waals surface area contributed by atoms with E-state index in [9.17, 15) is 15.1 Å². The fraction of sp³-hybridized carbons (Fsp3) is 0.960. The number of hydrogen-bond acceptors (Lipinski definition) is 6. The number of carbonyl (C=O) groups is 1. The SMILES string of the molecule is CC(=O)O[C@H]1CC[C@H]2[C@@H]3C[C@H](O)[C@H]4C[C@@]5(CC[C@]4(C)[C@H]3CC[C@]12C)OCC(C)(C)N5O. The molecule has 0 aromatic carbocycles. The first-order chi connectivity index (χ1) is 14.4. The van der Waals surface area contributed by atoms with Gasteiger partial charge in [0.2, 0.25) is 0 Å². The van der Waals surface area contributed by atoms with Crippen LogP contribution in [0.3, 0.4) is 0 Å². The molecule has 4 saturated carbocycles. The number of carbonyl (C=O) groups excluding carboxylic acids is 1. The van der Waals surface area contributed by atoms with Crippen molar-refractivity contribution in [2.75, 3.05) is 6.61 Å². The fourth-order valence-corrected chi connectivity index (χ4v) is 8.90. The lowest BCUT2D eigenvalue weighted by atomic mass is 9.44. The number of hydrogen-bond donors (Lipinski definition) is 2. The highest BCUT2D eigenvalue weighted by atomic mass is 16.6. The molecule has 2 N–H and O–H groups in total. The van der Waals surface area contributed by atoms with E-state index < -0.39 is 11.3 Å². The highest BCUT2D eigenvalue weighted by Gasteiger charge is 2.66. The van der Waals surface area contributed by atoms with Crippen LogP contribution in [-0.4, -0.2) is 51.4 Å². The van der Waals surface area contributed by atoms with Crippen LogP contribution < -0.4 is 0 Å². The normalized spacial score (nSPS) is 53.6. The van der Waals surface area contributed by atoms with Crippen LogP contribution in [0.4, 0.5) is 0 Å². The summed E-state index contributed by atoms with van der Waals surface area (Å²) in [6.07, 6.45) is 7.22. The average molecular weight is 436 g/mol. The summed E-state index contributed by atoms with van der Waals surface area (Å²) in [6, 6.07) is 0. The molecule has 1 heterocycles. The molecule has 1 spiro atoms. The third-order valence-electron chi connectivity index (χ3n) is 10.6. The van der Waals surface area contributed by atoms with Crippen molar-refractivity contribution in [3.05, 3.63) is 0 Å². The van der Waals surface area contributed by atoms with Crippen molar-refractivity contribution >= 4 is 5.97 Å². The lowest BCUT2D eigenvalue weighted by Gasteiger charge is -2.63. The molecule has 0 aromatic rings. The molecule has 0 bridgehead atoms. The summed E-state index contributed by atoms with van der Waals surface area (Å²) in [5, 5.41) is 23.9. The molecule has 1 aliphatic heterocycles. The number of ether oxygens (including phenoxy) is 2. The second-order valence-electron chi connectivity index (χ2n) is 12.6. The zero-order valence-corrected chi connectivity index (χ0v) is 19.9. The Hall–Kier alpha value is -0.690. The minimum absolute atomic E-state index is 0.0188. The first-order valence-electron chi connectivity index (χ1n) is 12.4. The molecule has 9 atom stereocenters. The van der Waals surface area contributed by atoms with Gasteiger partial charge in [0.05, 0.1) is 18.2 Å². The summed E-state index contributed by atoms with van der Waals surface area (Å²) in [6.45, 7) is 10.8. The van der Waals surface area contributed by atoms with Gasteiger partial charge in [0.1, 0.15) is 11.8 Å². The summed E-state index contributed by atoms with van der Waals surface area (Å²) in [5.41, 5.74) is -0.950. The Bertz CT molecular complexity index is 756. The number of fused-ring (bicyclic) bond motifs is 5. The lowest BCUT2D eigenvalue weighted by molar-refractivity contribution is -0.292. The fourth-order valence-electron chi connectivity index (χ4n) is 8.90. The standard InChI is InChI=1S/C25H41NO5/c1-15(27)31-21-7-6-17-16-12-20(28)19-13-25(26(29)22(2,3)14-30-25)11-10-23(19,4)18(16)8-9-24(17,21)5/h16-21,28-29H,6-14H2,1-5H3/t16-,17-,18-,19+,20-,21-,23+,24-,25+/m0/s1. The summed E-state index contributed by atoms with van der Waals surface area (Å²) < 4.78 is 12.0. The molecule has 5 aliphatic rings. The van der Waals surface area contributed by atoms with Crippen molar-refractivity contribution in [1.82, 2.24) is 5.06 Å². The number of hydroxylamine groups is 2. The Morgan fingerprint density at radius 3 is 2.35 bits per heavy atom. The van der Waals surface area contributed by atoms with Crippen LogP contribution in [0.25, 0.3) is 0 Å². The molecular weight excluding hydrogens is 394 g/mol. The van der Waals surface area contributed by atoms with Crippen LogP contribution in [-0.2, 0) is 14.3 Å². The number of esters is 1. The predicted octanol–water partition coefficient (Wildman–Crippen LogP) is 4.13. The largest absolute Gasteiger partial charge is 0.462 e. The highest BCUT2D eigenvalue weighted by molar-refractivity contribution is 5.66. The van der Waals surface area contributed by atoms with Gasteiger partial charge in [-0.25, -0.2) is 0 Å². The Balaban J connectivity index is 1.40. The van der Waals surface area contributed by atoms with E-state index in [1.807, 2.05) is 13.8 Å². The minimum Gasteiger partial charge on any atom is -0.462 e. The van der Waals surface area contributed by atoms with E-state index in [1.54, 1.807) is 0 Å². The van der Waals surface area contributed by atoms with Gasteiger partial charge in [0, 0.05) is 12.3 Å². The Morgan fingerprint density at radius 2 is 1.71 bits per heavy atom. The van der Waals surface area contributed by atoms with Crippen molar-refractivity contribution in [2.45, 2.75) is 109 Å². The van der Waals surface area contributed by atoms with Gasteiger partial charge in [-0.1, -0.05) is 13.8 Å². The van der Waals surface area contributed by atoms with Gasteiger partial charge in [0.25, 0.3) is 0 Å². The molecule has 176 valence electrons. The summed E-state index contributed by atoms with van der Waals surface area (Å²) in [4.78, 5) is 11.7. The third-order valence-corrected chi connectivity index (χ3v) is 10.6. The van der Waals surface area contributed by atoms with Gasteiger partial charge < -0.3 is 19.8 Å². The minimum atomic E-state index is -0.654. The third kappa shape index (κ3) is 3.00. The molecule has 31 heavy (non-hydrogen) atoms. The lowest BCUT2D eigenvalue weighted by Crippen LogP contribution is -2.63. The Kier molecular flexibility index (Phi) is 4.93. The maximum atomic E-state index is 11.7. The number of nitrogens with zero attached hydrogens (tertiary/aromatic N) is 1. The predicted molar refractivity (Wildman–Crippen MR) is 115 cm³/mol. The molecule has 0 unspecified atom stereocenters. The van der Waals surface area contributed by atoms with E-state index in [4.69, 9.17) is 9.47 Å². The van der Waals surface area contributed by atoms with Crippen molar-refractivity contribution in [3.8, 4) is 0 Å². The van der Waals surface area contributed by atoms with E-state index in [2.05, 4.69) is 13.8 Å². The van der Waals surface area contributed by atoms with Gasteiger partial charge in [0.15, 0.2) is 0 Å². The average Bonchev–Trinajstić information content (AvgIpc) is 3.13. The summed E-state index contributed by atoms with van der Waals surface area (Å²) >= 11 is 0. The molecule has 0 aromatic heterocycles. The van der Waals surface area contributed by atoms with Crippen molar-refractivity contribution in [1.29, 1.82) is 0 Å². The zero-order valence-electron chi connectivity index (χ0n) is 19.9. The first-order valence-corrected chi connectivity index (χ1v) is 12.4. The van der Waals surface area contributed by atoms with Gasteiger partial charge in [-0.3, -0.25) is 4.79 Å². The van der Waals surface area contributed by atoms with E-state index in [0.29, 0.717) is 30.8 Å². The smallest absolute Gasteiger partial charge is 0.302 e. The second-order valence-corrected chi connectivity index (χ2v) is 12.6. The molecule has 5 fully saturated rings. The van der Waals surface area contributed by atoms with Crippen molar-refractivity contribution in [2.24, 2.45) is 34.5 Å².